The number of nitrogens with zero attached hydrogens (tertiary/aromatic N) is 2. The fraction of sp³-hybridized carbons (Fsp3) is 0.105. The Morgan fingerprint density at radius 2 is 2.07 bits per heavy atom. The number of carbonyl (C=O) groups excluding carboxylic acids is 1. The minimum absolute atomic E-state index is 0.319. The normalized spacial score (nSPS) is 10.8. The Morgan fingerprint density at radius 1 is 1.29 bits per heavy atom. The van der Waals surface area contributed by atoms with Crippen LogP contribution in [0.3, 0.4) is 0 Å². The van der Waals surface area contributed by atoms with Crippen molar-refractivity contribution >= 4 is 46.1 Å². The lowest BCUT2D eigenvalue weighted by atomic mass is 10.2. The molecule has 0 saturated carbocycles. The zero-order valence-electron chi connectivity index (χ0n) is 14.9. The number of esters is 1. The molecule has 0 aliphatic carbocycles. The van der Waals surface area contributed by atoms with Gasteiger partial charge in [0, 0.05) is 10.4 Å². The van der Waals surface area contributed by atoms with Crippen LogP contribution in [0, 0.1) is 0 Å². The van der Waals surface area contributed by atoms with Crippen molar-refractivity contribution in [1.82, 2.24) is 4.98 Å². The lowest BCUT2D eigenvalue weighted by Crippen LogP contribution is -2.09. The molecule has 1 aromatic heterocycles. The number of nitrogens with one attached hydrogen (secondary N) is 1. The van der Waals surface area contributed by atoms with Gasteiger partial charge in [-0.05, 0) is 55.0 Å². The Kier molecular flexibility index (Phi) is 6.46. The Labute approximate surface area is 170 Å². The summed E-state index contributed by atoms with van der Waals surface area (Å²) in [5, 5.41) is 6.97. The maximum absolute atomic E-state index is 12.3. The van der Waals surface area contributed by atoms with Gasteiger partial charge in [0.1, 0.15) is 5.82 Å². The first-order valence-electron chi connectivity index (χ1n) is 8.30. The highest BCUT2D eigenvalue weighted by atomic mass is 35.5. The number of thiazole rings is 1. The first-order valence-corrected chi connectivity index (χ1v) is 9.55. The third kappa shape index (κ3) is 5.21. The zero-order chi connectivity index (χ0) is 19.9. The summed E-state index contributed by atoms with van der Waals surface area (Å²) in [4.78, 5) is 16.4. The lowest BCUT2D eigenvalue weighted by molar-refractivity contribution is 0.0728. The van der Waals surface area contributed by atoms with Gasteiger partial charge < -0.3 is 15.2 Å². The largest absolute Gasteiger partial charge is 0.490 e. The minimum Gasteiger partial charge on any atom is -0.490 e. The molecule has 0 saturated heterocycles. The fourth-order valence-electron chi connectivity index (χ4n) is 2.20. The number of nitrogen functional groups attached to an aromatic ring is 1. The second-order valence-electron chi connectivity index (χ2n) is 5.48. The molecule has 3 N–H and O–H groups in total. The summed E-state index contributed by atoms with van der Waals surface area (Å²) >= 11 is 7.20. The maximum Gasteiger partial charge on any atom is 0.343 e. The number of anilines is 2. The van der Waals surface area contributed by atoms with E-state index in [0.717, 1.165) is 5.56 Å². The molecule has 0 aliphatic heterocycles. The monoisotopic (exact) mass is 416 g/mol. The van der Waals surface area contributed by atoms with Gasteiger partial charge in [0.25, 0.3) is 0 Å². The first-order chi connectivity index (χ1) is 13.5. The van der Waals surface area contributed by atoms with E-state index in [1.54, 1.807) is 54.1 Å². The van der Waals surface area contributed by atoms with Crippen LogP contribution in [0.5, 0.6) is 11.5 Å². The number of halogens is 1. The smallest absolute Gasteiger partial charge is 0.343 e. The second kappa shape index (κ2) is 9.20. The molecule has 0 radical (unpaired) electrons. The molecule has 1 heterocycles. The molecule has 0 amide bonds. The van der Waals surface area contributed by atoms with Gasteiger partial charge in [-0.3, -0.25) is 5.43 Å². The van der Waals surface area contributed by atoms with Crippen molar-refractivity contribution in [2.24, 2.45) is 5.10 Å². The summed E-state index contributed by atoms with van der Waals surface area (Å²) in [6, 6.07) is 11.6. The van der Waals surface area contributed by atoms with Gasteiger partial charge in [-0.1, -0.05) is 11.6 Å². The van der Waals surface area contributed by atoms with Crippen LogP contribution >= 0.6 is 22.9 Å². The summed E-state index contributed by atoms with van der Waals surface area (Å²) in [6.07, 6.45) is 1.60. The van der Waals surface area contributed by atoms with Gasteiger partial charge in [-0.25, -0.2) is 9.78 Å². The summed E-state index contributed by atoms with van der Waals surface area (Å²) in [5.41, 5.74) is 9.51. The highest BCUT2D eigenvalue weighted by Gasteiger charge is 2.13. The Bertz CT molecular complexity index is 989. The first kappa shape index (κ1) is 19.7. The Hall–Kier alpha value is -3.10. The van der Waals surface area contributed by atoms with Crippen LogP contribution in [0.1, 0.15) is 22.8 Å². The molecule has 0 bridgehead atoms. The van der Waals surface area contributed by atoms with Crippen molar-refractivity contribution in [2.75, 3.05) is 17.8 Å². The van der Waals surface area contributed by atoms with Crippen molar-refractivity contribution in [3.8, 4) is 11.5 Å². The molecule has 0 spiro atoms. The van der Waals surface area contributed by atoms with Crippen LogP contribution in [0.4, 0.5) is 10.9 Å². The fourth-order valence-corrected chi connectivity index (χ4v) is 2.88. The van der Waals surface area contributed by atoms with Gasteiger partial charge in [0.2, 0.25) is 5.13 Å². The van der Waals surface area contributed by atoms with Crippen molar-refractivity contribution in [3.05, 3.63) is 64.0 Å². The summed E-state index contributed by atoms with van der Waals surface area (Å²) in [5.74, 6) is 0.696. The van der Waals surface area contributed by atoms with Crippen LogP contribution < -0.4 is 20.6 Å². The molecular weight excluding hydrogens is 400 g/mol. The predicted octanol–water partition coefficient (Wildman–Crippen LogP) is 4.44. The highest BCUT2D eigenvalue weighted by Crippen LogP contribution is 2.29. The number of nitrogens with two attached hydrogens (primary N) is 1. The van der Waals surface area contributed by atoms with Gasteiger partial charge in [0.05, 0.1) is 18.4 Å². The van der Waals surface area contributed by atoms with Crippen molar-refractivity contribution in [3.63, 3.8) is 0 Å². The minimum atomic E-state index is -0.498. The number of ether oxygens (including phenoxy) is 2. The molecule has 3 rings (SSSR count). The molecular formula is C19H17ClN4O3S. The SMILES string of the molecule is CCOc1cc(C=NNc2nc(N)cs2)ccc1OC(=O)c1ccc(Cl)cc1. The highest BCUT2D eigenvalue weighted by molar-refractivity contribution is 7.14. The zero-order valence-corrected chi connectivity index (χ0v) is 16.5. The van der Waals surface area contributed by atoms with E-state index in [1.165, 1.54) is 11.3 Å². The number of aromatic nitrogens is 1. The van der Waals surface area contributed by atoms with Crippen molar-refractivity contribution in [1.29, 1.82) is 0 Å². The standard InChI is InChI=1S/C19H17ClN4O3S/c1-2-26-16-9-12(10-22-24-19-23-17(21)11-28-19)3-8-15(16)27-18(25)13-4-6-14(20)7-5-13/h3-11H,2,21H2,1H3,(H,23,24). The molecule has 3 aromatic rings. The van der Waals surface area contributed by atoms with Crippen LogP contribution in [-0.4, -0.2) is 23.8 Å². The lowest BCUT2D eigenvalue weighted by Gasteiger charge is -2.11. The number of rotatable bonds is 7. The van der Waals surface area contributed by atoms with Crippen molar-refractivity contribution < 1.29 is 14.3 Å². The van der Waals surface area contributed by atoms with Crippen LogP contribution in [0.15, 0.2) is 52.9 Å². The molecule has 0 aliphatic rings. The van der Waals surface area contributed by atoms with Crippen LogP contribution in [-0.2, 0) is 0 Å². The molecule has 28 heavy (non-hydrogen) atoms. The molecule has 144 valence electrons. The molecule has 9 heteroatoms. The summed E-state index contributed by atoms with van der Waals surface area (Å²) in [7, 11) is 0. The molecule has 2 aromatic carbocycles. The quantitative estimate of drug-likeness (QED) is 0.255. The molecule has 0 fully saturated rings. The average Bonchev–Trinajstić information content (AvgIpc) is 3.09. The molecule has 0 atom stereocenters. The predicted molar refractivity (Wildman–Crippen MR) is 112 cm³/mol. The van der Waals surface area contributed by atoms with E-state index in [1.807, 2.05) is 6.92 Å². The van der Waals surface area contributed by atoms with E-state index >= 15 is 0 Å². The second-order valence-corrected chi connectivity index (χ2v) is 6.78. The van der Waals surface area contributed by atoms with E-state index < -0.39 is 5.97 Å². The topological polar surface area (TPSA) is 98.8 Å². The van der Waals surface area contributed by atoms with E-state index in [-0.39, 0.29) is 0 Å². The number of benzene rings is 2. The van der Waals surface area contributed by atoms with E-state index in [9.17, 15) is 4.79 Å². The van der Waals surface area contributed by atoms with Gasteiger partial charge >= 0.3 is 5.97 Å². The number of hydrazone groups is 1. The third-order valence-corrected chi connectivity index (χ3v) is 4.46. The summed E-state index contributed by atoms with van der Waals surface area (Å²) in [6.45, 7) is 2.27. The van der Waals surface area contributed by atoms with E-state index in [0.29, 0.717) is 39.6 Å². The molecule has 0 unspecified atom stereocenters. The van der Waals surface area contributed by atoms with Gasteiger partial charge in [-0.15, -0.1) is 11.3 Å². The van der Waals surface area contributed by atoms with Crippen molar-refractivity contribution in [2.45, 2.75) is 6.92 Å². The molecule has 7 nitrogen and oxygen atoms in total. The van der Waals surface area contributed by atoms with E-state index in [4.69, 9.17) is 26.8 Å². The summed E-state index contributed by atoms with van der Waals surface area (Å²) < 4.78 is 11.1. The maximum atomic E-state index is 12.3. The van der Waals surface area contributed by atoms with Crippen LogP contribution in [0.25, 0.3) is 0 Å². The van der Waals surface area contributed by atoms with E-state index in [2.05, 4.69) is 15.5 Å². The number of hydrogen-bond acceptors (Lipinski definition) is 8. The van der Waals surface area contributed by atoms with Gasteiger partial charge in [0.15, 0.2) is 11.5 Å². The number of hydrogen-bond donors (Lipinski definition) is 2. The van der Waals surface area contributed by atoms with Gasteiger partial charge in [-0.2, -0.15) is 5.10 Å². The average molecular weight is 417 g/mol. The number of carbonyl (C=O) groups is 1. The van der Waals surface area contributed by atoms with Crippen LogP contribution in [0.2, 0.25) is 5.02 Å². The third-order valence-electron chi connectivity index (χ3n) is 3.45. The Morgan fingerprint density at radius 3 is 2.75 bits per heavy atom. The Balaban J connectivity index is 1.72.